The number of ether oxygens (including phenoxy) is 3. The molecule has 0 radical (unpaired) electrons. The third-order valence-corrected chi connectivity index (χ3v) is 12.8. The van der Waals surface area contributed by atoms with E-state index < -0.39 is 6.10 Å². The molecule has 6 nitrogen and oxygen atoms in total. The van der Waals surface area contributed by atoms with Gasteiger partial charge in [0.15, 0.2) is 6.10 Å². The number of esters is 3. The van der Waals surface area contributed by atoms with Crippen molar-refractivity contribution in [1.29, 1.82) is 0 Å². The summed E-state index contributed by atoms with van der Waals surface area (Å²) in [4.78, 5) is 38.2. The molecule has 0 aromatic heterocycles. The van der Waals surface area contributed by atoms with Gasteiger partial charge in [0.25, 0.3) is 0 Å². The van der Waals surface area contributed by atoms with Crippen LogP contribution in [0.15, 0.2) is 109 Å². The molecule has 6 heteroatoms. The molecule has 1 atom stereocenters. The maximum absolute atomic E-state index is 12.9. The Balaban J connectivity index is 4.51. The highest BCUT2D eigenvalue weighted by Crippen LogP contribution is 2.16. The van der Waals surface area contributed by atoms with Crippen LogP contribution in [0.2, 0.25) is 0 Å². The van der Waals surface area contributed by atoms with Crippen LogP contribution in [0.5, 0.6) is 0 Å². The second-order valence-electron chi connectivity index (χ2n) is 19.9. The average molecular weight is 1010 g/mol. The number of hydrogen-bond donors (Lipinski definition) is 0. The summed E-state index contributed by atoms with van der Waals surface area (Å²) >= 11 is 0. The number of allylic oxidation sites excluding steroid dienone is 18. The van der Waals surface area contributed by atoms with Crippen LogP contribution in [0, 0.1) is 0 Å². The van der Waals surface area contributed by atoms with Crippen molar-refractivity contribution in [3.05, 3.63) is 109 Å². The van der Waals surface area contributed by atoms with Crippen LogP contribution >= 0.6 is 0 Å². The molecule has 0 saturated carbocycles. The van der Waals surface area contributed by atoms with E-state index >= 15 is 0 Å². The van der Waals surface area contributed by atoms with Gasteiger partial charge in [-0.3, -0.25) is 14.4 Å². The van der Waals surface area contributed by atoms with Crippen LogP contribution in [-0.2, 0) is 28.6 Å². The molecular formula is C67H112O6. The SMILES string of the molecule is CC/C=C\C/C=C\C/C=C\C/C=C\C/C=C\CCCC(=O)O[C@H](COC(=O)CCCCC/C=C\C/C=C\C/C=C\C/C=C\CCCCC)COC(=O)CCCCCCCCCCCCCCCCCCCCC. The Morgan fingerprint density at radius 2 is 0.548 bits per heavy atom. The number of carbonyl (C=O) groups excluding carboxylic acids is 3. The first-order valence-corrected chi connectivity index (χ1v) is 30.4. The average Bonchev–Trinajstić information content (AvgIpc) is 3.39. The third-order valence-electron chi connectivity index (χ3n) is 12.8. The van der Waals surface area contributed by atoms with Crippen molar-refractivity contribution in [1.82, 2.24) is 0 Å². The highest BCUT2D eigenvalue weighted by Gasteiger charge is 2.19. The van der Waals surface area contributed by atoms with E-state index in [1.165, 1.54) is 128 Å². The Morgan fingerprint density at radius 1 is 0.288 bits per heavy atom. The lowest BCUT2D eigenvalue weighted by Crippen LogP contribution is -2.30. The minimum absolute atomic E-state index is 0.110. The van der Waals surface area contributed by atoms with Gasteiger partial charge in [-0.1, -0.05) is 265 Å². The lowest BCUT2D eigenvalue weighted by molar-refractivity contribution is -0.167. The Labute approximate surface area is 450 Å². The third kappa shape index (κ3) is 58.8. The molecular weight excluding hydrogens is 901 g/mol. The van der Waals surface area contributed by atoms with Gasteiger partial charge >= 0.3 is 17.9 Å². The van der Waals surface area contributed by atoms with E-state index in [-0.39, 0.29) is 37.5 Å². The van der Waals surface area contributed by atoms with Gasteiger partial charge in [-0.05, 0) is 103 Å². The molecule has 0 aliphatic rings. The molecule has 0 aliphatic heterocycles. The summed E-state index contributed by atoms with van der Waals surface area (Å²) in [5.74, 6) is -0.996. The molecule has 0 aliphatic carbocycles. The fourth-order valence-corrected chi connectivity index (χ4v) is 8.23. The van der Waals surface area contributed by atoms with E-state index in [0.29, 0.717) is 19.3 Å². The van der Waals surface area contributed by atoms with Crippen molar-refractivity contribution < 1.29 is 28.6 Å². The molecule has 0 N–H and O–H groups in total. The fourth-order valence-electron chi connectivity index (χ4n) is 8.23. The summed E-state index contributed by atoms with van der Waals surface area (Å²) in [6, 6.07) is 0. The van der Waals surface area contributed by atoms with Crippen molar-refractivity contribution in [3.8, 4) is 0 Å². The van der Waals surface area contributed by atoms with Crippen LogP contribution in [0.25, 0.3) is 0 Å². The monoisotopic (exact) mass is 1010 g/mol. The summed E-state index contributed by atoms with van der Waals surface area (Å²) in [5.41, 5.74) is 0. The lowest BCUT2D eigenvalue weighted by Gasteiger charge is -2.18. The molecule has 0 saturated heterocycles. The van der Waals surface area contributed by atoms with Gasteiger partial charge in [0.1, 0.15) is 13.2 Å². The molecule has 0 heterocycles. The molecule has 0 bridgehead atoms. The van der Waals surface area contributed by atoms with Crippen LogP contribution < -0.4 is 0 Å². The summed E-state index contributed by atoms with van der Waals surface area (Å²) in [6.45, 7) is 6.44. The Kier molecular flexibility index (Phi) is 57.4. The Hall–Kier alpha value is -3.93. The van der Waals surface area contributed by atoms with Crippen LogP contribution in [0.4, 0.5) is 0 Å². The quantitative estimate of drug-likeness (QED) is 0.0261. The van der Waals surface area contributed by atoms with Gasteiger partial charge in [0.05, 0.1) is 0 Å². The topological polar surface area (TPSA) is 78.9 Å². The summed E-state index contributed by atoms with van der Waals surface area (Å²) < 4.78 is 16.8. The number of rotatable bonds is 54. The standard InChI is InChI=1S/C67H112O6/c1-4-7-10-13-16-19-22-25-28-31-33-36-38-41-44-47-50-53-56-59-65(68)71-62-64(73-67(70)61-58-55-52-49-46-43-40-35-30-27-24-21-18-15-12-9-6-3)63-72-66(69)60-57-54-51-48-45-42-39-37-34-32-29-26-23-20-17-14-11-8-5-2/h9,12,16,18-19,21,25,27-28,30,33,36,40-41,43-44,49,52,64H,4-8,10-11,13-15,17,20,22-24,26,29,31-32,34-35,37-39,42,45-48,50-51,53-63H2,1-3H3/b12-9-,19-16-,21-18-,28-25-,30-27-,36-33-,43-40-,44-41-,52-49-/t64-/m1/s1. The van der Waals surface area contributed by atoms with Crippen molar-refractivity contribution in [2.45, 2.75) is 284 Å². The highest BCUT2D eigenvalue weighted by atomic mass is 16.6. The minimum atomic E-state index is -0.823. The van der Waals surface area contributed by atoms with Crippen LogP contribution in [0.3, 0.4) is 0 Å². The maximum Gasteiger partial charge on any atom is 0.306 e. The smallest absolute Gasteiger partial charge is 0.306 e. The van der Waals surface area contributed by atoms with E-state index in [9.17, 15) is 14.4 Å². The van der Waals surface area contributed by atoms with Gasteiger partial charge in [0.2, 0.25) is 0 Å². The first-order chi connectivity index (χ1) is 36.0. The zero-order valence-corrected chi connectivity index (χ0v) is 47.6. The summed E-state index contributed by atoms with van der Waals surface area (Å²) in [5, 5.41) is 0. The second-order valence-corrected chi connectivity index (χ2v) is 19.9. The molecule has 0 aromatic rings. The van der Waals surface area contributed by atoms with Gasteiger partial charge in [-0.25, -0.2) is 0 Å². The number of unbranched alkanes of at least 4 members (excludes halogenated alkanes) is 25. The fraction of sp³-hybridized carbons (Fsp3) is 0.687. The molecule has 0 amide bonds. The number of hydrogen-bond acceptors (Lipinski definition) is 6. The highest BCUT2D eigenvalue weighted by molar-refractivity contribution is 5.71. The molecule has 416 valence electrons. The van der Waals surface area contributed by atoms with Crippen LogP contribution in [-0.4, -0.2) is 37.2 Å². The number of carbonyl (C=O) groups is 3. The van der Waals surface area contributed by atoms with E-state index in [1.54, 1.807) is 0 Å². The van der Waals surface area contributed by atoms with E-state index in [2.05, 4.69) is 130 Å². The predicted octanol–water partition coefficient (Wildman–Crippen LogP) is 20.7. The normalized spacial score (nSPS) is 12.9. The summed E-state index contributed by atoms with van der Waals surface area (Å²) in [6.07, 6.45) is 82.3. The van der Waals surface area contributed by atoms with E-state index in [1.807, 2.05) is 0 Å². The zero-order chi connectivity index (χ0) is 52.9. The molecule has 0 fully saturated rings. The first kappa shape index (κ1) is 69.1. The van der Waals surface area contributed by atoms with Gasteiger partial charge < -0.3 is 14.2 Å². The van der Waals surface area contributed by atoms with Crippen LogP contribution in [0.1, 0.15) is 278 Å². The second kappa shape index (κ2) is 60.6. The molecule has 0 rings (SSSR count). The maximum atomic E-state index is 12.9. The van der Waals surface area contributed by atoms with Crippen molar-refractivity contribution in [3.63, 3.8) is 0 Å². The van der Waals surface area contributed by atoms with Crippen molar-refractivity contribution in [2.24, 2.45) is 0 Å². The van der Waals surface area contributed by atoms with Gasteiger partial charge in [-0.2, -0.15) is 0 Å². The minimum Gasteiger partial charge on any atom is -0.462 e. The molecule has 0 unspecified atom stereocenters. The van der Waals surface area contributed by atoms with E-state index in [4.69, 9.17) is 14.2 Å². The zero-order valence-electron chi connectivity index (χ0n) is 47.6. The van der Waals surface area contributed by atoms with Gasteiger partial charge in [-0.15, -0.1) is 0 Å². The molecule has 0 spiro atoms. The van der Waals surface area contributed by atoms with E-state index in [0.717, 1.165) is 103 Å². The van der Waals surface area contributed by atoms with Gasteiger partial charge in [0, 0.05) is 19.3 Å². The largest absolute Gasteiger partial charge is 0.462 e. The first-order valence-electron chi connectivity index (χ1n) is 30.4. The molecule has 73 heavy (non-hydrogen) atoms. The Morgan fingerprint density at radius 3 is 0.904 bits per heavy atom. The predicted molar refractivity (Wildman–Crippen MR) is 316 cm³/mol. The van der Waals surface area contributed by atoms with Crippen molar-refractivity contribution in [2.75, 3.05) is 13.2 Å². The van der Waals surface area contributed by atoms with Crippen molar-refractivity contribution >= 4 is 17.9 Å². The Bertz CT molecular complexity index is 1490. The summed E-state index contributed by atoms with van der Waals surface area (Å²) in [7, 11) is 0. The lowest BCUT2D eigenvalue weighted by atomic mass is 10.0. The molecule has 0 aromatic carbocycles.